The Morgan fingerprint density at radius 1 is 0.244 bits per heavy atom. The first-order chi connectivity index (χ1) is 43.9. The van der Waals surface area contributed by atoms with Gasteiger partial charge in [-0.15, -0.1) is 0 Å². The van der Waals surface area contributed by atoms with Crippen LogP contribution in [0.2, 0.25) is 0 Å². The molecule has 0 amide bonds. The van der Waals surface area contributed by atoms with Crippen molar-refractivity contribution < 1.29 is 0 Å². The summed E-state index contributed by atoms with van der Waals surface area (Å²) in [5, 5.41) is 7.41. The average molecular weight is 1150 g/mol. The Bertz CT molecular complexity index is 5560. The van der Waals surface area contributed by atoms with Gasteiger partial charge < -0.3 is 13.7 Å². The van der Waals surface area contributed by atoms with Gasteiger partial charge in [0, 0.05) is 99.0 Å². The molecule has 4 heterocycles. The lowest BCUT2D eigenvalue weighted by Gasteiger charge is -2.21. The van der Waals surface area contributed by atoms with Crippen molar-refractivity contribution in [2.45, 2.75) is 57.8 Å². The summed E-state index contributed by atoms with van der Waals surface area (Å²) in [5.74, 6) is 1.80. The standard InChI is InChI=1S/C84H60N6/c1-82(2)64-28-13-7-25-61(64)73-67(82)45-42-58-55-22-10-16-31-70(55)88(76(58)73)52-38-34-49(35-39-52)79-85-80(50-36-40-53(41-37-50)89-71-32-17-11-23-56(71)59-43-46-68-74(77(59)89)62-26-8-14-29-65(62)83(68,3)4)87-81(86-79)51-20-19-21-54(48-51)90-72-33-18-12-24-57(72)60-44-47-69-75(78(60)90)63-27-9-15-30-66(63)84(69,5)6/h7-48H,1-6H3. The van der Waals surface area contributed by atoms with Crippen molar-refractivity contribution in [3.63, 3.8) is 0 Å². The highest BCUT2D eigenvalue weighted by Crippen LogP contribution is 2.56. The molecule has 0 bridgehead atoms. The van der Waals surface area contributed by atoms with Crippen LogP contribution in [0.5, 0.6) is 0 Å². The summed E-state index contributed by atoms with van der Waals surface area (Å²) < 4.78 is 7.41. The molecule has 0 saturated heterocycles. The fourth-order valence-corrected chi connectivity index (χ4v) is 16.6. The Balaban J connectivity index is 0.796. The van der Waals surface area contributed by atoms with E-state index in [9.17, 15) is 0 Å². The summed E-state index contributed by atoms with van der Waals surface area (Å²) in [5.41, 5.74) is 28.5. The van der Waals surface area contributed by atoms with E-state index in [-0.39, 0.29) is 16.2 Å². The number of benzene rings is 12. The van der Waals surface area contributed by atoms with Crippen molar-refractivity contribution in [1.29, 1.82) is 0 Å². The summed E-state index contributed by atoms with van der Waals surface area (Å²) in [6.45, 7) is 14.2. The summed E-state index contributed by atoms with van der Waals surface area (Å²) in [4.78, 5) is 16.4. The van der Waals surface area contributed by atoms with Crippen LogP contribution in [0.4, 0.5) is 0 Å². The second-order valence-corrected chi connectivity index (χ2v) is 26.7. The number of fused-ring (bicyclic) bond motifs is 21. The number of rotatable bonds is 6. The molecule has 16 aromatic rings. The highest BCUT2D eigenvalue weighted by Gasteiger charge is 2.41. The summed E-state index contributed by atoms with van der Waals surface area (Å²) in [6.07, 6.45) is 0. The van der Waals surface area contributed by atoms with Crippen LogP contribution in [0.15, 0.2) is 255 Å². The fraction of sp³-hybridized carbons (Fsp3) is 0.107. The molecule has 90 heavy (non-hydrogen) atoms. The van der Waals surface area contributed by atoms with Gasteiger partial charge in [0.15, 0.2) is 17.5 Å². The Kier molecular flexibility index (Phi) is 10.3. The lowest BCUT2D eigenvalue weighted by Crippen LogP contribution is -2.14. The maximum atomic E-state index is 5.48. The predicted molar refractivity (Wildman–Crippen MR) is 372 cm³/mol. The molecule has 0 spiro atoms. The highest BCUT2D eigenvalue weighted by molar-refractivity contribution is 6.18. The van der Waals surface area contributed by atoms with Crippen LogP contribution in [-0.2, 0) is 16.2 Å². The summed E-state index contributed by atoms with van der Waals surface area (Å²) in [7, 11) is 0. The van der Waals surface area contributed by atoms with E-state index in [2.05, 4.69) is 310 Å². The normalized spacial score (nSPS) is 14.6. The average Bonchev–Trinajstić information content (AvgIpc) is 1.56. The molecule has 0 fully saturated rings. The zero-order valence-electron chi connectivity index (χ0n) is 50.9. The molecule has 0 aliphatic heterocycles. The smallest absolute Gasteiger partial charge is 0.164 e. The molecule has 3 aliphatic carbocycles. The number of nitrogens with zero attached hydrogens (tertiary/aromatic N) is 6. The van der Waals surface area contributed by atoms with E-state index in [1.165, 1.54) is 127 Å². The third kappa shape index (κ3) is 6.80. The van der Waals surface area contributed by atoms with Crippen LogP contribution in [0.1, 0.15) is 74.9 Å². The Morgan fingerprint density at radius 3 is 0.944 bits per heavy atom. The van der Waals surface area contributed by atoms with Crippen molar-refractivity contribution in [2.75, 3.05) is 0 Å². The maximum Gasteiger partial charge on any atom is 0.164 e. The zero-order chi connectivity index (χ0) is 60.1. The van der Waals surface area contributed by atoms with Crippen LogP contribution < -0.4 is 0 Å². The van der Waals surface area contributed by atoms with Gasteiger partial charge in [0.1, 0.15) is 0 Å². The van der Waals surface area contributed by atoms with Gasteiger partial charge in [-0.1, -0.05) is 217 Å². The molecule has 12 aromatic carbocycles. The van der Waals surface area contributed by atoms with Gasteiger partial charge in [-0.3, -0.25) is 0 Å². The zero-order valence-corrected chi connectivity index (χ0v) is 50.9. The van der Waals surface area contributed by atoms with Crippen molar-refractivity contribution >= 4 is 65.4 Å². The van der Waals surface area contributed by atoms with Crippen LogP contribution in [0.25, 0.3) is 150 Å². The Labute approximate surface area is 521 Å². The van der Waals surface area contributed by atoms with E-state index >= 15 is 0 Å². The van der Waals surface area contributed by atoms with Crippen molar-refractivity contribution in [3.05, 3.63) is 288 Å². The van der Waals surface area contributed by atoms with Gasteiger partial charge in [-0.25, -0.2) is 15.0 Å². The van der Waals surface area contributed by atoms with E-state index in [1.807, 2.05) is 0 Å². The lowest BCUT2D eigenvalue weighted by atomic mass is 9.82. The van der Waals surface area contributed by atoms with Crippen LogP contribution in [0.3, 0.4) is 0 Å². The number of aromatic nitrogens is 6. The van der Waals surface area contributed by atoms with Gasteiger partial charge in [0.05, 0.1) is 33.1 Å². The minimum absolute atomic E-state index is 0.137. The third-order valence-corrected chi connectivity index (χ3v) is 20.9. The molecule has 19 rings (SSSR count). The molecular formula is C84H60N6. The predicted octanol–water partition coefficient (Wildman–Crippen LogP) is 21.1. The highest BCUT2D eigenvalue weighted by atomic mass is 15.0. The molecule has 6 nitrogen and oxygen atoms in total. The van der Waals surface area contributed by atoms with Gasteiger partial charge in [0.2, 0.25) is 0 Å². The van der Waals surface area contributed by atoms with Crippen molar-refractivity contribution in [3.8, 4) is 84.6 Å². The first-order valence-corrected chi connectivity index (χ1v) is 31.5. The number of hydrogen-bond acceptors (Lipinski definition) is 3. The SMILES string of the molecule is CC1(C)c2ccccc2-c2c1ccc1c3ccccc3n(-c3ccc(-c4nc(-c5ccc(-n6c7ccccc7c7ccc8c(c76)-c6ccccc6C8(C)C)cc5)nc(-c5cccc(-n6c7ccccc7c7ccc8c(c76)-c6ccccc6C8(C)C)c5)n4)cc3)c21. The Morgan fingerprint density at radius 2 is 0.567 bits per heavy atom. The topological polar surface area (TPSA) is 53.5 Å². The molecule has 0 saturated carbocycles. The molecule has 0 unspecified atom stereocenters. The molecule has 0 radical (unpaired) electrons. The van der Waals surface area contributed by atoms with Crippen LogP contribution in [0, 0.1) is 0 Å². The van der Waals surface area contributed by atoms with Gasteiger partial charge >= 0.3 is 0 Å². The maximum absolute atomic E-state index is 5.48. The molecular weight excluding hydrogens is 1090 g/mol. The summed E-state index contributed by atoms with van der Waals surface area (Å²) >= 11 is 0. The van der Waals surface area contributed by atoms with Crippen LogP contribution >= 0.6 is 0 Å². The van der Waals surface area contributed by atoms with Gasteiger partial charge in [0.25, 0.3) is 0 Å². The Hall–Kier alpha value is -11.0. The summed E-state index contributed by atoms with van der Waals surface area (Å²) in [6, 6.07) is 94.0. The van der Waals surface area contributed by atoms with E-state index in [0.717, 1.165) is 39.3 Å². The van der Waals surface area contributed by atoms with Crippen molar-refractivity contribution in [2.24, 2.45) is 0 Å². The largest absolute Gasteiger partial charge is 0.309 e. The van der Waals surface area contributed by atoms with Crippen molar-refractivity contribution in [1.82, 2.24) is 28.7 Å². The molecule has 0 atom stereocenters. The number of hydrogen-bond donors (Lipinski definition) is 0. The molecule has 0 N–H and O–H groups in total. The second-order valence-electron chi connectivity index (χ2n) is 26.7. The minimum atomic E-state index is -0.156. The monoisotopic (exact) mass is 1150 g/mol. The number of para-hydroxylation sites is 3. The third-order valence-electron chi connectivity index (χ3n) is 20.9. The van der Waals surface area contributed by atoms with E-state index < -0.39 is 0 Å². The second kappa shape index (κ2) is 18.1. The van der Waals surface area contributed by atoms with Gasteiger partial charge in [-0.2, -0.15) is 0 Å². The molecule has 3 aliphatic rings. The van der Waals surface area contributed by atoms with E-state index in [0.29, 0.717) is 17.5 Å². The van der Waals surface area contributed by atoms with Gasteiger partial charge in [-0.05, 0) is 129 Å². The first-order valence-electron chi connectivity index (χ1n) is 31.5. The quantitative estimate of drug-likeness (QED) is 0.167. The molecule has 4 aromatic heterocycles. The molecule has 6 heteroatoms. The van der Waals surface area contributed by atoms with E-state index in [1.54, 1.807) is 0 Å². The van der Waals surface area contributed by atoms with Crippen LogP contribution in [-0.4, -0.2) is 28.7 Å². The fourth-order valence-electron chi connectivity index (χ4n) is 16.6. The van der Waals surface area contributed by atoms with E-state index in [4.69, 9.17) is 15.0 Å². The molecule has 426 valence electrons. The first kappa shape index (κ1) is 51.1. The lowest BCUT2D eigenvalue weighted by molar-refractivity contribution is 0.660. The minimum Gasteiger partial charge on any atom is -0.309 e.